The van der Waals surface area contributed by atoms with Gasteiger partial charge in [-0.05, 0) is 17.7 Å². The predicted octanol–water partition coefficient (Wildman–Crippen LogP) is 2.23. The van der Waals surface area contributed by atoms with Crippen molar-refractivity contribution >= 4 is 17.6 Å². The Kier molecular flexibility index (Phi) is 6.57. The van der Waals surface area contributed by atoms with Gasteiger partial charge >= 0.3 is 5.97 Å². The van der Waals surface area contributed by atoms with E-state index in [9.17, 15) is 9.59 Å². The maximum Gasteiger partial charge on any atom is 0.339 e. The Morgan fingerprint density at radius 3 is 2.26 bits per heavy atom. The molecule has 2 aromatic rings. The third-order valence-electron chi connectivity index (χ3n) is 4.69. The molecule has 1 saturated heterocycles. The predicted molar refractivity (Wildman–Crippen MR) is 105 cm³/mol. The Labute approximate surface area is 159 Å². The Morgan fingerprint density at radius 2 is 1.56 bits per heavy atom. The number of piperazine rings is 1. The van der Waals surface area contributed by atoms with E-state index >= 15 is 0 Å². The zero-order valence-electron chi connectivity index (χ0n) is 15.6. The molecule has 142 valence electrons. The number of carbonyl (C=O) groups excluding carboxylic acids is 2. The molecule has 2 aromatic carbocycles. The molecule has 1 fully saturated rings. The lowest BCUT2D eigenvalue weighted by Gasteiger charge is -2.34. The van der Waals surface area contributed by atoms with E-state index in [1.54, 1.807) is 24.3 Å². The molecule has 1 amide bonds. The van der Waals surface area contributed by atoms with Crippen LogP contribution in [0.4, 0.5) is 5.69 Å². The number of nitrogens with zero attached hydrogens (tertiary/aromatic N) is 2. The van der Waals surface area contributed by atoms with Crippen molar-refractivity contribution in [2.45, 2.75) is 6.54 Å². The van der Waals surface area contributed by atoms with E-state index in [-0.39, 0.29) is 5.91 Å². The van der Waals surface area contributed by atoms with Gasteiger partial charge in [0, 0.05) is 32.7 Å². The van der Waals surface area contributed by atoms with Crippen molar-refractivity contribution in [3.05, 3.63) is 65.7 Å². The molecule has 27 heavy (non-hydrogen) atoms. The molecule has 0 spiro atoms. The second kappa shape index (κ2) is 9.30. The minimum atomic E-state index is -0.458. The van der Waals surface area contributed by atoms with Crippen LogP contribution in [0.1, 0.15) is 15.9 Å². The normalized spacial score (nSPS) is 15.3. The van der Waals surface area contributed by atoms with Crippen LogP contribution in [0.2, 0.25) is 0 Å². The van der Waals surface area contributed by atoms with E-state index in [1.807, 2.05) is 6.07 Å². The van der Waals surface area contributed by atoms with Crippen molar-refractivity contribution in [3.63, 3.8) is 0 Å². The third kappa shape index (κ3) is 5.39. The second-order valence-corrected chi connectivity index (χ2v) is 6.62. The fraction of sp³-hybridized carbons (Fsp3) is 0.333. The van der Waals surface area contributed by atoms with Crippen LogP contribution < -0.4 is 5.32 Å². The Balaban J connectivity index is 1.48. The molecule has 0 atom stereocenters. The maximum atomic E-state index is 12.4. The maximum absolute atomic E-state index is 12.4. The van der Waals surface area contributed by atoms with Crippen molar-refractivity contribution in [3.8, 4) is 0 Å². The van der Waals surface area contributed by atoms with Gasteiger partial charge in [0.2, 0.25) is 5.91 Å². The highest BCUT2D eigenvalue weighted by Crippen LogP contribution is 2.16. The molecule has 1 N–H and O–H groups in total. The molecule has 0 aromatic heterocycles. The average molecular weight is 367 g/mol. The number of anilines is 1. The zero-order valence-corrected chi connectivity index (χ0v) is 15.6. The minimum Gasteiger partial charge on any atom is -0.465 e. The minimum absolute atomic E-state index is 0.122. The fourth-order valence-corrected chi connectivity index (χ4v) is 3.22. The van der Waals surface area contributed by atoms with Crippen molar-refractivity contribution in [2.24, 2.45) is 0 Å². The van der Waals surface area contributed by atoms with Crippen LogP contribution in [0.25, 0.3) is 0 Å². The summed E-state index contributed by atoms with van der Waals surface area (Å²) in [5.41, 5.74) is 2.15. The second-order valence-electron chi connectivity index (χ2n) is 6.62. The van der Waals surface area contributed by atoms with E-state index in [1.165, 1.54) is 12.7 Å². The van der Waals surface area contributed by atoms with Gasteiger partial charge in [-0.3, -0.25) is 14.6 Å². The molecule has 0 aliphatic carbocycles. The van der Waals surface area contributed by atoms with E-state index in [4.69, 9.17) is 4.74 Å². The van der Waals surface area contributed by atoms with Crippen LogP contribution in [0.3, 0.4) is 0 Å². The molecule has 3 rings (SSSR count). The summed E-state index contributed by atoms with van der Waals surface area (Å²) in [5, 5.41) is 2.83. The largest absolute Gasteiger partial charge is 0.465 e. The van der Waals surface area contributed by atoms with Gasteiger partial charge < -0.3 is 10.1 Å². The fourth-order valence-electron chi connectivity index (χ4n) is 3.22. The molecule has 1 aliphatic rings. The number of para-hydroxylation sites is 1. The quantitative estimate of drug-likeness (QED) is 0.794. The number of benzene rings is 2. The van der Waals surface area contributed by atoms with Crippen molar-refractivity contribution in [2.75, 3.05) is 45.2 Å². The van der Waals surface area contributed by atoms with E-state index < -0.39 is 5.97 Å². The van der Waals surface area contributed by atoms with E-state index in [2.05, 4.69) is 39.4 Å². The molecule has 1 heterocycles. The Bertz CT molecular complexity index is 771. The molecule has 6 nitrogen and oxygen atoms in total. The lowest BCUT2D eigenvalue weighted by molar-refractivity contribution is -0.117. The molecule has 0 saturated carbocycles. The van der Waals surface area contributed by atoms with Gasteiger partial charge in [0.15, 0.2) is 0 Å². The lowest BCUT2D eigenvalue weighted by atomic mass is 10.1. The first-order valence-electron chi connectivity index (χ1n) is 9.11. The van der Waals surface area contributed by atoms with Gasteiger partial charge in [-0.1, -0.05) is 42.5 Å². The van der Waals surface area contributed by atoms with Crippen LogP contribution in [0, 0.1) is 0 Å². The van der Waals surface area contributed by atoms with Gasteiger partial charge in [-0.15, -0.1) is 0 Å². The summed E-state index contributed by atoms with van der Waals surface area (Å²) >= 11 is 0. The van der Waals surface area contributed by atoms with Crippen LogP contribution in [-0.4, -0.2) is 61.5 Å². The zero-order chi connectivity index (χ0) is 19.1. The van der Waals surface area contributed by atoms with Crippen molar-refractivity contribution in [1.29, 1.82) is 0 Å². The lowest BCUT2D eigenvalue weighted by Crippen LogP contribution is -2.48. The standard InChI is InChI=1S/C21H25N3O3/c1-27-21(26)18-9-5-6-10-19(18)22-20(25)16-24-13-11-23(12-14-24)15-17-7-3-2-4-8-17/h2-10H,11-16H2,1H3,(H,22,25). The number of hydrogen-bond donors (Lipinski definition) is 1. The number of methoxy groups -OCH3 is 1. The summed E-state index contributed by atoms with van der Waals surface area (Å²) in [5.74, 6) is -0.580. The topological polar surface area (TPSA) is 61.9 Å². The van der Waals surface area contributed by atoms with Crippen molar-refractivity contribution < 1.29 is 14.3 Å². The van der Waals surface area contributed by atoms with E-state index in [0.29, 0.717) is 17.8 Å². The van der Waals surface area contributed by atoms with Gasteiger partial charge in [0.1, 0.15) is 0 Å². The Morgan fingerprint density at radius 1 is 0.926 bits per heavy atom. The summed E-state index contributed by atoms with van der Waals surface area (Å²) in [4.78, 5) is 28.7. The van der Waals surface area contributed by atoms with Crippen LogP contribution in [-0.2, 0) is 16.1 Å². The van der Waals surface area contributed by atoms with Gasteiger partial charge in [0.05, 0.1) is 24.9 Å². The SMILES string of the molecule is COC(=O)c1ccccc1NC(=O)CN1CCN(Cc2ccccc2)CC1. The third-order valence-corrected chi connectivity index (χ3v) is 4.69. The number of ether oxygens (including phenoxy) is 1. The molecule has 6 heteroatoms. The molecule has 0 unspecified atom stereocenters. The summed E-state index contributed by atoms with van der Waals surface area (Å²) < 4.78 is 4.76. The molecular weight excluding hydrogens is 342 g/mol. The van der Waals surface area contributed by atoms with E-state index in [0.717, 1.165) is 32.7 Å². The summed E-state index contributed by atoms with van der Waals surface area (Å²) in [7, 11) is 1.33. The average Bonchev–Trinajstić information content (AvgIpc) is 2.70. The molecule has 0 radical (unpaired) electrons. The first-order valence-corrected chi connectivity index (χ1v) is 9.11. The smallest absolute Gasteiger partial charge is 0.339 e. The summed E-state index contributed by atoms with van der Waals surface area (Å²) in [6.07, 6.45) is 0. The molecular formula is C21H25N3O3. The Hall–Kier alpha value is -2.70. The number of amides is 1. The number of esters is 1. The highest BCUT2D eigenvalue weighted by atomic mass is 16.5. The molecule has 0 bridgehead atoms. The van der Waals surface area contributed by atoms with Gasteiger partial charge in [-0.2, -0.15) is 0 Å². The highest BCUT2D eigenvalue weighted by Gasteiger charge is 2.20. The van der Waals surface area contributed by atoms with Crippen LogP contribution in [0.5, 0.6) is 0 Å². The van der Waals surface area contributed by atoms with Gasteiger partial charge in [0.25, 0.3) is 0 Å². The number of carbonyl (C=O) groups is 2. The van der Waals surface area contributed by atoms with Crippen LogP contribution in [0.15, 0.2) is 54.6 Å². The summed E-state index contributed by atoms with van der Waals surface area (Å²) in [6, 6.07) is 17.3. The van der Waals surface area contributed by atoms with Crippen molar-refractivity contribution in [1.82, 2.24) is 9.80 Å². The monoisotopic (exact) mass is 367 g/mol. The molecule has 1 aliphatic heterocycles. The number of nitrogens with one attached hydrogen (secondary N) is 1. The summed E-state index contributed by atoms with van der Waals surface area (Å²) in [6.45, 7) is 4.81. The number of rotatable bonds is 6. The first-order chi connectivity index (χ1) is 13.2. The van der Waals surface area contributed by atoms with Crippen LogP contribution >= 0.6 is 0 Å². The van der Waals surface area contributed by atoms with Gasteiger partial charge in [-0.25, -0.2) is 4.79 Å². The first kappa shape index (κ1) is 19.1. The highest BCUT2D eigenvalue weighted by molar-refractivity contribution is 6.01. The number of hydrogen-bond acceptors (Lipinski definition) is 5.